The van der Waals surface area contributed by atoms with Crippen LogP contribution in [-0.4, -0.2) is 84.6 Å². The van der Waals surface area contributed by atoms with Gasteiger partial charge < -0.3 is 14.7 Å². The van der Waals surface area contributed by atoms with Crippen LogP contribution in [0.5, 0.6) is 0 Å². The average Bonchev–Trinajstić information content (AvgIpc) is 2.41. The summed E-state index contributed by atoms with van der Waals surface area (Å²) < 4.78 is 28.1. The van der Waals surface area contributed by atoms with Crippen molar-refractivity contribution in [3.8, 4) is 0 Å². The first-order valence-corrected chi connectivity index (χ1v) is 9.31. The summed E-state index contributed by atoms with van der Waals surface area (Å²) in [6, 6.07) is -1.25. The van der Waals surface area contributed by atoms with E-state index >= 15 is 0 Å². The summed E-state index contributed by atoms with van der Waals surface area (Å²) in [6.45, 7) is 4.94. The van der Waals surface area contributed by atoms with Crippen LogP contribution in [0.15, 0.2) is 0 Å². The van der Waals surface area contributed by atoms with E-state index in [-0.39, 0.29) is 24.6 Å². The van der Waals surface area contributed by atoms with Crippen LogP contribution in [0.1, 0.15) is 27.2 Å². The van der Waals surface area contributed by atoms with Gasteiger partial charge in [0, 0.05) is 20.1 Å². The smallest absolute Gasteiger partial charge is 0.410 e. The molecule has 1 atom stereocenters. The van der Waals surface area contributed by atoms with Crippen LogP contribution in [0.3, 0.4) is 0 Å². The maximum atomic E-state index is 12.6. The zero-order valence-electron chi connectivity index (χ0n) is 14.3. The standard InChI is InChI=1S/C14H24N2O7S/c1-14(2,3)23-13(20)15(4)10(9-11(17)18)12(19)16-5-7-24(21,22)8-6-16/h10H,5-9H2,1-4H3,(H,17,18). The minimum absolute atomic E-state index is 0.0144. The van der Waals surface area contributed by atoms with E-state index in [9.17, 15) is 22.8 Å². The lowest BCUT2D eigenvalue weighted by Crippen LogP contribution is -2.54. The Morgan fingerprint density at radius 2 is 1.71 bits per heavy atom. The first kappa shape index (κ1) is 20.2. The van der Waals surface area contributed by atoms with Crippen LogP contribution in [0, 0.1) is 0 Å². The van der Waals surface area contributed by atoms with Gasteiger partial charge in [-0.15, -0.1) is 0 Å². The molecule has 0 aromatic carbocycles. The Labute approximate surface area is 141 Å². The number of likely N-dealkylation sites (N-methyl/N-ethyl adjacent to an activating group) is 1. The molecule has 1 aliphatic rings. The highest BCUT2D eigenvalue weighted by Gasteiger charge is 2.36. The molecule has 0 bridgehead atoms. The molecular weight excluding hydrogens is 340 g/mol. The van der Waals surface area contributed by atoms with Crippen molar-refractivity contribution < 1.29 is 32.6 Å². The molecule has 0 aromatic heterocycles. The van der Waals surface area contributed by atoms with E-state index in [1.807, 2.05) is 0 Å². The predicted octanol–water partition coefficient (Wildman–Crippen LogP) is -0.0464. The van der Waals surface area contributed by atoms with Gasteiger partial charge in [0.25, 0.3) is 0 Å². The van der Waals surface area contributed by atoms with Gasteiger partial charge in [-0.1, -0.05) is 0 Å². The maximum Gasteiger partial charge on any atom is 0.410 e. The van der Waals surface area contributed by atoms with Crippen molar-refractivity contribution in [1.82, 2.24) is 9.80 Å². The zero-order chi connectivity index (χ0) is 18.7. The van der Waals surface area contributed by atoms with Crippen LogP contribution < -0.4 is 0 Å². The molecule has 24 heavy (non-hydrogen) atoms. The largest absolute Gasteiger partial charge is 0.481 e. The van der Waals surface area contributed by atoms with Crippen LogP contribution in [0.25, 0.3) is 0 Å². The number of hydrogen-bond donors (Lipinski definition) is 1. The van der Waals surface area contributed by atoms with Crippen LogP contribution in [0.2, 0.25) is 0 Å². The Morgan fingerprint density at radius 3 is 2.12 bits per heavy atom. The SMILES string of the molecule is CN(C(=O)OC(C)(C)C)C(CC(=O)O)C(=O)N1CCS(=O)(=O)CC1. The van der Waals surface area contributed by atoms with Gasteiger partial charge >= 0.3 is 12.1 Å². The second-order valence-electron chi connectivity index (χ2n) is 6.68. The van der Waals surface area contributed by atoms with Gasteiger partial charge in [-0.2, -0.15) is 0 Å². The third-order valence-electron chi connectivity index (χ3n) is 3.46. The number of amides is 2. The molecule has 1 heterocycles. The molecule has 1 unspecified atom stereocenters. The molecule has 2 amide bonds. The van der Waals surface area contributed by atoms with Crippen molar-refractivity contribution in [2.45, 2.75) is 38.8 Å². The van der Waals surface area contributed by atoms with E-state index in [4.69, 9.17) is 9.84 Å². The van der Waals surface area contributed by atoms with Crippen LogP contribution in [0.4, 0.5) is 4.79 Å². The fourth-order valence-electron chi connectivity index (χ4n) is 2.16. The number of carboxylic acid groups (broad SMARTS) is 1. The number of carboxylic acids is 1. The molecule has 1 aliphatic heterocycles. The van der Waals surface area contributed by atoms with Crippen LogP contribution in [-0.2, 0) is 24.2 Å². The number of nitrogens with zero attached hydrogens (tertiary/aromatic N) is 2. The molecule has 1 saturated heterocycles. The lowest BCUT2D eigenvalue weighted by molar-refractivity contribution is -0.145. The molecule has 1 fully saturated rings. The first-order chi connectivity index (χ1) is 10.8. The minimum Gasteiger partial charge on any atom is -0.481 e. The van der Waals surface area contributed by atoms with E-state index in [1.165, 1.54) is 11.9 Å². The summed E-state index contributed by atoms with van der Waals surface area (Å²) in [5, 5.41) is 9.03. The second-order valence-corrected chi connectivity index (χ2v) is 8.99. The number of carbonyl (C=O) groups excluding carboxylic acids is 2. The summed E-state index contributed by atoms with van der Waals surface area (Å²) in [6.07, 6.45) is -1.40. The molecule has 0 aliphatic carbocycles. The first-order valence-electron chi connectivity index (χ1n) is 7.49. The molecule has 1 rings (SSSR count). The maximum absolute atomic E-state index is 12.6. The van der Waals surface area contributed by atoms with Crippen molar-refractivity contribution in [3.63, 3.8) is 0 Å². The Kier molecular flexibility index (Phi) is 6.20. The number of aliphatic carboxylic acids is 1. The zero-order valence-corrected chi connectivity index (χ0v) is 15.1. The van der Waals surface area contributed by atoms with Gasteiger partial charge in [0.1, 0.15) is 11.6 Å². The average molecular weight is 364 g/mol. The Bertz CT molecular complexity index is 595. The summed E-state index contributed by atoms with van der Waals surface area (Å²) in [4.78, 5) is 38.0. The fraction of sp³-hybridized carbons (Fsp3) is 0.786. The lowest BCUT2D eigenvalue weighted by Gasteiger charge is -2.34. The van der Waals surface area contributed by atoms with Crippen molar-refractivity contribution in [3.05, 3.63) is 0 Å². The van der Waals surface area contributed by atoms with Gasteiger partial charge in [0.2, 0.25) is 5.91 Å². The van der Waals surface area contributed by atoms with Crippen molar-refractivity contribution >= 4 is 27.8 Å². The molecular formula is C14H24N2O7S. The topological polar surface area (TPSA) is 121 Å². The highest BCUT2D eigenvalue weighted by molar-refractivity contribution is 7.91. The third-order valence-corrected chi connectivity index (χ3v) is 5.07. The monoisotopic (exact) mass is 364 g/mol. The predicted molar refractivity (Wildman–Crippen MR) is 85.3 cm³/mol. The van der Waals surface area contributed by atoms with E-state index in [1.54, 1.807) is 20.8 Å². The summed E-state index contributed by atoms with van der Waals surface area (Å²) in [5.74, 6) is -2.18. The quantitative estimate of drug-likeness (QED) is 0.742. The molecule has 0 radical (unpaired) electrons. The van der Waals surface area contributed by atoms with Gasteiger partial charge in [-0.05, 0) is 20.8 Å². The third kappa shape index (κ3) is 5.99. The molecule has 0 spiro atoms. The van der Waals surface area contributed by atoms with E-state index in [0.717, 1.165) is 4.90 Å². The molecule has 0 aromatic rings. The lowest BCUT2D eigenvalue weighted by atomic mass is 10.1. The van der Waals surface area contributed by atoms with Gasteiger partial charge in [-0.25, -0.2) is 13.2 Å². The normalized spacial score (nSPS) is 18.6. The molecule has 10 heteroatoms. The molecule has 1 N–H and O–H groups in total. The number of rotatable bonds is 4. The summed E-state index contributed by atoms with van der Waals surface area (Å²) >= 11 is 0. The molecule has 0 saturated carbocycles. The van der Waals surface area contributed by atoms with Crippen LogP contribution >= 0.6 is 0 Å². The van der Waals surface area contributed by atoms with Crippen molar-refractivity contribution in [2.75, 3.05) is 31.6 Å². The highest BCUT2D eigenvalue weighted by atomic mass is 32.2. The second kappa shape index (κ2) is 7.37. The summed E-state index contributed by atoms with van der Waals surface area (Å²) in [7, 11) is -1.88. The number of sulfone groups is 1. The summed E-state index contributed by atoms with van der Waals surface area (Å²) in [5.41, 5.74) is -0.790. The van der Waals surface area contributed by atoms with Gasteiger partial charge in [0.05, 0.1) is 17.9 Å². The van der Waals surface area contributed by atoms with Crippen molar-refractivity contribution in [1.29, 1.82) is 0 Å². The van der Waals surface area contributed by atoms with E-state index in [2.05, 4.69) is 0 Å². The van der Waals surface area contributed by atoms with Gasteiger partial charge in [-0.3, -0.25) is 14.5 Å². The number of carbonyl (C=O) groups is 3. The van der Waals surface area contributed by atoms with Crippen molar-refractivity contribution in [2.24, 2.45) is 0 Å². The Hall–Kier alpha value is -1.84. The Balaban J connectivity index is 2.89. The Morgan fingerprint density at radius 1 is 1.21 bits per heavy atom. The van der Waals surface area contributed by atoms with E-state index < -0.39 is 45.9 Å². The molecule has 138 valence electrons. The fourth-order valence-corrected chi connectivity index (χ4v) is 3.36. The highest BCUT2D eigenvalue weighted by Crippen LogP contribution is 2.15. The molecule has 9 nitrogen and oxygen atoms in total. The van der Waals surface area contributed by atoms with Gasteiger partial charge in [0.15, 0.2) is 9.84 Å². The number of hydrogen-bond acceptors (Lipinski definition) is 6. The van der Waals surface area contributed by atoms with E-state index in [0.29, 0.717) is 0 Å². The minimum atomic E-state index is -3.17. The number of ether oxygens (including phenoxy) is 1.